The highest BCUT2D eigenvalue weighted by atomic mass is 35.5. The molecule has 5 nitrogen and oxygen atoms in total. The van der Waals surface area contributed by atoms with Crippen molar-refractivity contribution in [3.63, 3.8) is 0 Å². The molecule has 24 heavy (non-hydrogen) atoms. The number of hydrogen-bond donors (Lipinski definition) is 2. The van der Waals surface area contributed by atoms with Crippen LogP contribution in [-0.2, 0) is 4.79 Å². The Morgan fingerprint density at radius 3 is 2.88 bits per heavy atom. The number of benzene rings is 1. The van der Waals surface area contributed by atoms with Crippen molar-refractivity contribution in [1.29, 1.82) is 0 Å². The molecule has 1 atom stereocenters. The van der Waals surface area contributed by atoms with Gasteiger partial charge in [0.25, 0.3) is 0 Å². The summed E-state index contributed by atoms with van der Waals surface area (Å²) in [6, 6.07) is 11.3. The minimum Gasteiger partial charge on any atom is -0.349 e. The molecule has 0 radical (unpaired) electrons. The molecule has 0 fully saturated rings. The van der Waals surface area contributed by atoms with Crippen LogP contribution in [0, 0.1) is 0 Å². The molecule has 8 heteroatoms. The van der Waals surface area contributed by atoms with Crippen LogP contribution in [0.25, 0.3) is 10.7 Å². The number of carbonyl (C=O) groups excluding carboxylic acids is 1. The van der Waals surface area contributed by atoms with Gasteiger partial charge in [0.05, 0.1) is 16.7 Å². The van der Waals surface area contributed by atoms with Crippen LogP contribution in [0.1, 0.15) is 18.5 Å². The van der Waals surface area contributed by atoms with Gasteiger partial charge in [-0.05, 0) is 36.1 Å². The summed E-state index contributed by atoms with van der Waals surface area (Å²) in [4.78, 5) is 17.5. The van der Waals surface area contributed by atoms with E-state index in [0.717, 1.165) is 16.3 Å². The largest absolute Gasteiger partial charge is 0.349 e. The lowest BCUT2D eigenvalue weighted by Crippen LogP contribution is -2.28. The Bertz CT molecular complexity index is 802. The Balaban J connectivity index is 1.51. The van der Waals surface area contributed by atoms with E-state index < -0.39 is 0 Å². The van der Waals surface area contributed by atoms with Gasteiger partial charge in [-0.15, -0.1) is 16.4 Å². The number of aromatic nitrogens is 3. The smallest absolute Gasteiger partial charge is 0.230 e. The summed E-state index contributed by atoms with van der Waals surface area (Å²) in [7, 11) is 0. The monoisotopic (exact) mass is 378 g/mol. The Morgan fingerprint density at radius 1 is 1.38 bits per heavy atom. The zero-order valence-electron chi connectivity index (χ0n) is 12.8. The van der Waals surface area contributed by atoms with E-state index in [-0.39, 0.29) is 17.7 Å². The Labute approximate surface area is 152 Å². The van der Waals surface area contributed by atoms with Gasteiger partial charge in [-0.25, -0.2) is 4.98 Å². The molecule has 2 N–H and O–H groups in total. The standard InChI is InChI=1S/C16H15ClN4OS2/c1-10(11-4-6-12(17)7-5-11)18-14(22)9-24-16-19-15(20-21-16)13-3-2-8-23-13/h2-8,10H,9H2,1H3,(H,18,22)(H,19,20,21)/t10-/m0/s1. The molecular weight excluding hydrogens is 364 g/mol. The van der Waals surface area contributed by atoms with E-state index in [4.69, 9.17) is 11.6 Å². The van der Waals surface area contributed by atoms with Crippen molar-refractivity contribution in [3.8, 4) is 10.7 Å². The first-order valence-corrected chi connectivity index (χ1v) is 9.50. The summed E-state index contributed by atoms with van der Waals surface area (Å²) in [6.45, 7) is 1.94. The van der Waals surface area contributed by atoms with Crippen molar-refractivity contribution < 1.29 is 4.79 Å². The predicted molar refractivity (Wildman–Crippen MR) is 98.4 cm³/mol. The molecule has 0 aliphatic heterocycles. The number of aromatic amines is 1. The Kier molecular flexibility index (Phi) is 5.55. The summed E-state index contributed by atoms with van der Waals surface area (Å²) in [6.07, 6.45) is 0. The van der Waals surface area contributed by atoms with Gasteiger partial charge < -0.3 is 5.32 Å². The number of halogens is 1. The van der Waals surface area contributed by atoms with Gasteiger partial charge in [-0.3, -0.25) is 9.89 Å². The van der Waals surface area contributed by atoms with Crippen LogP contribution in [0.5, 0.6) is 0 Å². The third-order valence-corrected chi connectivity index (χ3v) is 5.28. The van der Waals surface area contributed by atoms with Gasteiger partial charge in [-0.2, -0.15) is 0 Å². The molecule has 0 aliphatic carbocycles. The fraction of sp³-hybridized carbons (Fsp3) is 0.188. The number of H-pyrrole nitrogens is 1. The molecule has 124 valence electrons. The second-order valence-electron chi connectivity index (χ2n) is 5.07. The lowest BCUT2D eigenvalue weighted by atomic mass is 10.1. The van der Waals surface area contributed by atoms with E-state index >= 15 is 0 Å². The number of thioether (sulfide) groups is 1. The van der Waals surface area contributed by atoms with Gasteiger partial charge in [0.15, 0.2) is 5.82 Å². The van der Waals surface area contributed by atoms with Crippen LogP contribution in [0.15, 0.2) is 46.9 Å². The molecule has 0 bridgehead atoms. The fourth-order valence-corrected chi connectivity index (χ4v) is 3.48. The first kappa shape index (κ1) is 17.0. The molecule has 3 aromatic rings. The Morgan fingerprint density at radius 2 is 2.17 bits per heavy atom. The molecule has 0 spiro atoms. The molecule has 0 unspecified atom stereocenters. The summed E-state index contributed by atoms with van der Waals surface area (Å²) >= 11 is 8.77. The lowest BCUT2D eigenvalue weighted by molar-refractivity contribution is -0.119. The number of thiophene rings is 1. The summed E-state index contributed by atoms with van der Waals surface area (Å²) in [5.74, 6) is 0.923. The fourth-order valence-electron chi connectivity index (χ4n) is 2.08. The van der Waals surface area contributed by atoms with E-state index in [9.17, 15) is 4.79 Å². The lowest BCUT2D eigenvalue weighted by Gasteiger charge is -2.13. The molecule has 2 aromatic heterocycles. The molecule has 2 heterocycles. The van der Waals surface area contributed by atoms with Crippen LogP contribution >= 0.6 is 34.7 Å². The number of nitrogens with one attached hydrogen (secondary N) is 2. The van der Waals surface area contributed by atoms with Gasteiger partial charge in [0.1, 0.15) is 0 Å². The highest BCUT2D eigenvalue weighted by Crippen LogP contribution is 2.23. The van der Waals surface area contributed by atoms with Gasteiger partial charge in [-0.1, -0.05) is 41.6 Å². The van der Waals surface area contributed by atoms with E-state index in [0.29, 0.717) is 10.2 Å². The topological polar surface area (TPSA) is 70.7 Å². The third kappa shape index (κ3) is 4.37. The average molecular weight is 379 g/mol. The van der Waals surface area contributed by atoms with E-state index in [1.165, 1.54) is 11.8 Å². The molecule has 1 amide bonds. The normalized spacial score (nSPS) is 12.1. The SMILES string of the molecule is C[C@H](NC(=O)CSc1n[nH]c(-c2cccs2)n1)c1ccc(Cl)cc1. The zero-order chi connectivity index (χ0) is 16.9. The maximum atomic E-state index is 12.1. The van der Waals surface area contributed by atoms with E-state index in [1.54, 1.807) is 11.3 Å². The van der Waals surface area contributed by atoms with Crippen molar-refractivity contribution >= 4 is 40.6 Å². The third-order valence-electron chi connectivity index (χ3n) is 3.30. The molecule has 0 saturated heterocycles. The van der Waals surface area contributed by atoms with Crippen LogP contribution in [0.3, 0.4) is 0 Å². The molecule has 1 aromatic carbocycles. The van der Waals surface area contributed by atoms with Crippen molar-refractivity contribution in [1.82, 2.24) is 20.5 Å². The second-order valence-corrected chi connectivity index (χ2v) is 7.40. The quantitative estimate of drug-likeness (QED) is 0.632. The number of rotatable bonds is 6. The minimum absolute atomic E-state index is 0.0649. The number of nitrogens with zero attached hydrogens (tertiary/aromatic N) is 2. The van der Waals surface area contributed by atoms with E-state index in [1.807, 2.05) is 48.7 Å². The highest BCUT2D eigenvalue weighted by Gasteiger charge is 2.12. The van der Waals surface area contributed by atoms with Crippen molar-refractivity contribution in [3.05, 3.63) is 52.4 Å². The van der Waals surface area contributed by atoms with Crippen LogP contribution in [-0.4, -0.2) is 26.8 Å². The maximum absolute atomic E-state index is 12.1. The van der Waals surface area contributed by atoms with Crippen molar-refractivity contribution in [2.24, 2.45) is 0 Å². The molecule has 0 aliphatic rings. The first-order chi connectivity index (χ1) is 11.6. The predicted octanol–water partition coefficient (Wildman–Crippen LogP) is 4.16. The second kappa shape index (κ2) is 7.83. The van der Waals surface area contributed by atoms with Gasteiger partial charge in [0, 0.05) is 5.02 Å². The van der Waals surface area contributed by atoms with Crippen molar-refractivity contribution in [2.45, 2.75) is 18.1 Å². The van der Waals surface area contributed by atoms with E-state index in [2.05, 4.69) is 20.5 Å². The van der Waals surface area contributed by atoms with Crippen LogP contribution < -0.4 is 5.32 Å². The van der Waals surface area contributed by atoms with Crippen LogP contribution in [0.4, 0.5) is 0 Å². The maximum Gasteiger partial charge on any atom is 0.230 e. The molecule has 3 rings (SSSR count). The molecular formula is C16H15ClN4OS2. The number of amides is 1. The summed E-state index contributed by atoms with van der Waals surface area (Å²) in [5.41, 5.74) is 1.01. The minimum atomic E-state index is -0.0795. The zero-order valence-corrected chi connectivity index (χ0v) is 15.2. The summed E-state index contributed by atoms with van der Waals surface area (Å²) in [5, 5.41) is 13.2. The number of carbonyl (C=O) groups is 1. The van der Waals surface area contributed by atoms with Crippen LogP contribution in [0.2, 0.25) is 5.02 Å². The van der Waals surface area contributed by atoms with Gasteiger partial charge in [0.2, 0.25) is 11.1 Å². The van der Waals surface area contributed by atoms with Gasteiger partial charge >= 0.3 is 0 Å². The highest BCUT2D eigenvalue weighted by molar-refractivity contribution is 7.99. The Hall–Kier alpha value is -1.83. The summed E-state index contributed by atoms with van der Waals surface area (Å²) < 4.78 is 0. The van der Waals surface area contributed by atoms with Crippen molar-refractivity contribution in [2.75, 3.05) is 5.75 Å². The first-order valence-electron chi connectivity index (χ1n) is 7.26. The molecule has 0 saturated carbocycles. The average Bonchev–Trinajstić information content (AvgIpc) is 3.25. The number of hydrogen-bond acceptors (Lipinski definition) is 5.